The van der Waals surface area contributed by atoms with Gasteiger partial charge in [-0.15, -0.1) is 0 Å². The van der Waals surface area contributed by atoms with E-state index in [2.05, 4.69) is 51.4 Å². The second kappa shape index (κ2) is 2.63. The monoisotopic (exact) mass is 187 g/mol. The van der Waals surface area contributed by atoms with Crippen molar-refractivity contribution in [2.75, 3.05) is 0 Å². The molecular formula is C13H17N. The van der Waals surface area contributed by atoms with Gasteiger partial charge >= 0.3 is 0 Å². The molecule has 0 saturated carbocycles. The van der Waals surface area contributed by atoms with Crippen LogP contribution in [0.5, 0.6) is 0 Å². The van der Waals surface area contributed by atoms with Crippen molar-refractivity contribution in [3.05, 3.63) is 47.7 Å². The van der Waals surface area contributed by atoms with Crippen LogP contribution in [0.1, 0.15) is 20.8 Å². The van der Waals surface area contributed by atoms with Gasteiger partial charge in [-0.2, -0.15) is 0 Å². The summed E-state index contributed by atoms with van der Waals surface area (Å²) in [5, 5.41) is 3.44. The molecule has 0 aromatic carbocycles. The third kappa shape index (κ3) is 1.08. The summed E-state index contributed by atoms with van der Waals surface area (Å²) in [5.41, 5.74) is 4.94. The Morgan fingerprint density at radius 2 is 1.93 bits per heavy atom. The molecule has 1 aliphatic heterocycles. The molecule has 1 atom stereocenters. The van der Waals surface area contributed by atoms with E-state index in [-0.39, 0.29) is 5.54 Å². The molecule has 1 unspecified atom stereocenters. The van der Waals surface area contributed by atoms with Gasteiger partial charge in [0.2, 0.25) is 0 Å². The van der Waals surface area contributed by atoms with Gasteiger partial charge in [0.05, 0.1) is 0 Å². The molecule has 0 aromatic rings. The SMILES string of the molecule is C=C1NC(C)(C)C2C(=C)C=CC(C)=C12. The lowest BCUT2D eigenvalue weighted by atomic mass is 9.76. The Hall–Kier alpha value is -1.24. The Morgan fingerprint density at radius 3 is 2.50 bits per heavy atom. The highest BCUT2D eigenvalue weighted by Gasteiger charge is 2.42. The highest BCUT2D eigenvalue weighted by atomic mass is 15.0. The first kappa shape index (κ1) is 9.32. The Balaban J connectivity index is 2.59. The molecule has 0 aromatic heterocycles. The zero-order chi connectivity index (χ0) is 10.5. The van der Waals surface area contributed by atoms with Crippen LogP contribution in [0.15, 0.2) is 47.7 Å². The smallest absolute Gasteiger partial charge is 0.0427 e. The van der Waals surface area contributed by atoms with Gasteiger partial charge in [-0.05, 0) is 37.5 Å². The second-order valence-electron chi connectivity index (χ2n) is 4.76. The van der Waals surface area contributed by atoms with Gasteiger partial charge in [0.25, 0.3) is 0 Å². The van der Waals surface area contributed by atoms with Crippen molar-refractivity contribution in [3.8, 4) is 0 Å². The van der Waals surface area contributed by atoms with Crippen molar-refractivity contribution < 1.29 is 0 Å². The highest BCUT2D eigenvalue weighted by molar-refractivity contribution is 5.54. The van der Waals surface area contributed by atoms with Crippen LogP contribution < -0.4 is 5.32 Å². The molecule has 0 amide bonds. The Kier molecular flexibility index (Phi) is 1.75. The van der Waals surface area contributed by atoms with Gasteiger partial charge in [-0.3, -0.25) is 0 Å². The summed E-state index contributed by atoms with van der Waals surface area (Å²) in [6, 6.07) is 0. The molecule has 2 rings (SSSR count). The second-order valence-corrected chi connectivity index (χ2v) is 4.76. The Bertz CT molecular complexity index is 380. The number of nitrogens with one attached hydrogen (secondary N) is 1. The maximum Gasteiger partial charge on any atom is 0.0427 e. The van der Waals surface area contributed by atoms with E-state index in [0.717, 1.165) is 5.70 Å². The summed E-state index contributed by atoms with van der Waals surface area (Å²) in [6.45, 7) is 14.7. The number of allylic oxidation sites excluding steroid dienone is 4. The van der Waals surface area contributed by atoms with Gasteiger partial charge < -0.3 is 5.32 Å². The minimum Gasteiger partial charge on any atom is -0.379 e. The third-order valence-electron chi connectivity index (χ3n) is 3.15. The van der Waals surface area contributed by atoms with Crippen LogP contribution in [-0.4, -0.2) is 5.54 Å². The largest absolute Gasteiger partial charge is 0.379 e. The van der Waals surface area contributed by atoms with Crippen LogP contribution in [0.4, 0.5) is 0 Å². The number of rotatable bonds is 0. The maximum absolute atomic E-state index is 4.12. The van der Waals surface area contributed by atoms with E-state index < -0.39 is 0 Å². The molecular weight excluding hydrogens is 170 g/mol. The van der Waals surface area contributed by atoms with Crippen LogP contribution in [0.2, 0.25) is 0 Å². The molecule has 1 aliphatic carbocycles. The normalized spacial score (nSPS) is 29.2. The average molecular weight is 187 g/mol. The van der Waals surface area contributed by atoms with Gasteiger partial charge in [0.1, 0.15) is 0 Å². The van der Waals surface area contributed by atoms with E-state index in [9.17, 15) is 0 Å². The van der Waals surface area contributed by atoms with Crippen molar-refractivity contribution >= 4 is 0 Å². The van der Waals surface area contributed by atoms with Crippen molar-refractivity contribution in [2.24, 2.45) is 5.92 Å². The van der Waals surface area contributed by atoms with E-state index in [1.165, 1.54) is 16.7 Å². The van der Waals surface area contributed by atoms with Crippen LogP contribution in [0.25, 0.3) is 0 Å². The fourth-order valence-electron chi connectivity index (χ4n) is 2.60. The number of fused-ring (bicyclic) bond motifs is 1. The molecule has 0 radical (unpaired) electrons. The molecule has 1 N–H and O–H groups in total. The van der Waals surface area contributed by atoms with Gasteiger partial charge in [-0.25, -0.2) is 0 Å². The third-order valence-corrected chi connectivity index (χ3v) is 3.15. The standard InChI is InChI=1S/C13H17N/c1-8-6-7-9(2)12-11(8)10(3)14-13(12,4)5/h6-7,12,14H,2-3H2,1,4-5H3. The van der Waals surface area contributed by atoms with Crippen molar-refractivity contribution in [1.82, 2.24) is 5.32 Å². The molecule has 1 heteroatoms. The summed E-state index contributed by atoms with van der Waals surface area (Å²) < 4.78 is 0. The molecule has 0 bridgehead atoms. The number of hydrogen-bond donors (Lipinski definition) is 1. The van der Waals surface area contributed by atoms with Crippen LogP contribution >= 0.6 is 0 Å². The van der Waals surface area contributed by atoms with Crippen molar-refractivity contribution in [3.63, 3.8) is 0 Å². The Labute approximate surface area is 85.9 Å². The lowest BCUT2D eigenvalue weighted by Gasteiger charge is -2.29. The highest BCUT2D eigenvalue weighted by Crippen LogP contribution is 2.44. The topological polar surface area (TPSA) is 12.0 Å². The first-order valence-corrected chi connectivity index (χ1v) is 4.98. The molecule has 0 spiro atoms. The van der Waals surface area contributed by atoms with Crippen LogP contribution in [0, 0.1) is 5.92 Å². The van der Waals surface area contributed by atoms with Crippen molar-refractivity contribution in [1.29, 1.82) is 0 Å². The zero-order valence-electron chi connectivity index (χ0n) is 9.15. The van der Waals surface area contributed by atoms with Gasteiger partial charge in [-0.1, -0.05) is 25.3 Å². The first-order valence-electron chi connectivity index (χ1n) is 4.98. The maximum atomic E-state index is 4.12. The average Bonchev–Trinajstić information content (AvgIpc) is 2.30. The summed E-state index contributed by atoms with van der Waals surface area (Å²) in [7, 11) is 0. The van der Waals surface area contributed by atoms with Gasteiger partial charge in [0, 0.05) is 17.2 Å². The predicted molar refractivity (Wildman–Crippen MR) is 60.8 cm³/mol. The molecule has 2 aliphatic rings. The van der Waals surface area contributed by atoms with E-state index in [4.69, 9.17) is 0 Å². The molecule has 74 valence electrons. The van der Waals surface area contributed by atoms with Crippen LogP contribution in [0.3, 0.4) is 0 Å². The van der Waals surface area contributed by atoms with E-state index >= 15 is 0 Å². The molecule has 1 nitrogen and oxygen atoms in total. The zero-order valence-corrected chi connectivity index (χ0v) is 9.15. The molecule has 1 fully saturated rings. The van der Waals surface area contributed by atoms with Crippen LogP contribution in [-0.2, 0) is 0 Å². The first-order chi connectivity index (χ1) is 6.43. The molecule has 14 heavy (non-hydrogen) atoms. The van der Waals surface area contributed by atoms with Gasteiger partial charge in [0.15, 0.2) is 0 Å². The fourth-order valence-corrected chi connectivity index (χ4v) is 2.60. The van der Waals surface area contributed by atoms with E-state index in [1.807, 2.05) is 0 Å². The quantitative estimate of drug-likeness (QED) is 0.615. The Morgan fingerprint density at radius 1 is 1.29 bits per heavy atom. The fraction of sp³-hybridized carbons (Fsp3) is 0.385. The summed E-state index contributed by atoms with van der Waals surface area (Å²) in [5.74, 6) is 0.389. The minimum absolute atomic E-state index is 0.0511. The molecule has 1 heterocycles. The lowest BCUT2D eigenvalue weighted by molar-refractivity contribution is 0.402. The summed E-state index contributed by atoms with van der Waals surface area (Å²) >= 11 is 0. The predicted octanol–water partition coefficient (Wildman–Crippen LogP) is 2.94. The molecule has 1 saturated heterocycles. The lowest BCUT2D eigenvalue weighted by Crippen LogP contribution is -2.38. The summed E-state index contributed by atoms with van der Waals surface area (Å²) in [4.78, 5) is 0. The summed E-state index contributed by atoms with van der Waals surface area (Å²) in [6.07, 6.45) is 4.24. The van der Waals surface area contributed by atoms with E-state index in [0.29, 0.717) is 5.92 Å². The van der Waals surface area contributed by atoms with E-state index in [1.54, 1.807) is 0 Å². The minimum atomic E-state index is 0.0511. The number of hydrogen-bond acceptors (Lipinski definition) is 1. The van der Waals surface area contributed by atoms with Crippen molar-refractivity contribution in [2.45, 2.75) is 26.3 Å².